The van der Waals surface area contributed by atoms with Crippen LogP contribution in [0.5, 0.6) is 0 Å². The second-order valence-corrected chi connectivity index (χ2v) is 11.1. The topological polar surface area (TPSA) is 70.8 Å². The van der Waals surface area contributed by atoms with Crippen LogP contribution >= 0.6 is 11.6 Å². The summed E-state index contributed by atoms with van der Waals surface area (Å²) in [6.45, 7) is 2.73. The summed E-state index contributed by atoms with van der Waals surface area (Å²) >= 11 is 5.95. The van der Waals surface area contributed by atoms with Crippen LogP contribution in [-0.4, -0.2) is 43.2 Å². The molecule has 0 saturated heterocycles. The molecule has 1 saturated carbocycles. The molecule has 0 radical (unpaired) electrons. The van der Waals surface area contributed by atoms with Gasteiger partial charge < -0.3 is 9.32 Å². The Kier molecular flexibility index (Phi) is 7.76. The van der Waals surface area contributed by atoms with E-state index < -0.39 is 10.0 Å². The van der Waals surface area contributed by atoms with Gasteiger partial charge in [-0.05, 0) is 74.1 Å². The van der Waals surface area contributed by atoms with Crippen molar-refractivity contribution in [2.24, 2.45) is 5.92 Å². The third-order valence-electron chi connectivity index (χ3n) is 5.93. The molecule has 0 bridgehead atoms. The Morgan fingerprint density at radius 1 is 1.03 bits per heavy atom. The lowest BCUT2D eigenvalue weighted by atomic mass is 10.1. The number of nitrogens with zero attached hydrogens (tertiary/aromatic N) is 2. The van der Waals surface area contributed by atoms with Crippen molar-refractivity contribution in [1.29, 1.82) is 0 Å². The van der Waals surface area contributed by atoms with Crippen LogP contribution in [0.25, 0.3) is 0 Å². The molecular formula is C26H29ClN2O4S. The third kappa shape index (κ3) is 6.50. The Balaban J connectivity index is 1.54. The quantitative estimate of drug-likeness (QED) is 0.375. The number of furan rings is 1. The van der Waals surface area contributed by atoms with E-state index in [2.05, 4.69) is 0 Å². The Morgan fingerprint density at radius 2 is 1.74 bits per heavy atom. The standard InChI is InChI=1S/C26H29ClN2O4S/c1-20-7-12-24(33-20)18-28(16-15-21-5-3-2-4-6-21)26(30)19-29(17-22-8-9-22)34(31,32)25-13-10-23(27)11-14-25/h2-7,10-14,22H,8-9,15-19H2,1H3. The largest absolute Gasteiger partial charge is 0.464 e. The normalized spacial score (nSPS) is 13.9. The molecule has 0 N–H and O–H groups in total. The van der Waals surface area contributed by atoms with Gasteiger partial charge in [-0.3, -0.25) is 4.79 Å². The lowest BCUT2D eigenvalue weighted by molar-refractivity contribution is -0.132. The van der Waals surface area contributed by atoms with Gasteiger partial charge in [0.15, 0.2) is 0 Å². The minimum Gasteiger partial charge on any atom is -0.464 e. The van der Waals surface area contributed by atoms with E-state index in [0.717, 1.165) is 24.2 Å². The molecule has 1 amide bonds. The van der Waals surface area contributed by atoms with E-state index in [1.54, 1.807) is 17.0 Å². The van der Waals surface area contributed by atoms with Crippen LogP contribution in [0, 0.1) is 12.8 Å². The molecule has 1 aromatic heterocycles. The summed E-state index contributed by atoms with van der Waals surface area (Å²) in [5, 5.41) is 0.463. The maximum absolute atomic E-state index is 13.5. The first-order valence-electron chi connectivity index (χ1n) is 11.4. The van der Waals surface area contributed by atoms with Crippen molar-refractivity contribution in [2.45, 2.75) is 37.6 Å². The highest BCUT2D eigenvalue weighted by Crippen LogP contribution is 2.32. The first-order valence-corrected chi connectivity index (χ1v) is 13.3. The molecule has 2 aromatic carbocycles. The van der Waals surface area contributed by atoms with Gasteiger partial charge in [-0.25, -0.2) is 8.42 Å². The second-order valence-electron chi connectivity index (χ2n) is 8.76. The fourth-order valence-corrected chi connectivity index (χ4v) is 5.39. The van der Waals surface area contributed by atoms with Crippen LogP contribution in [0.1, 0.15) is 29.9 Å². The molecule has 1 aliphatic carbocycles. The number of carbonyl (C=O) groups excluding carboxylic acids is 1. The van der Waals surface area contributed by atoms with Crippen LogP contribution in [0.2, 0.25) is 5.02 Å². The van der Waals surface area contributed by atoms with Crippen LogP contribution in [0.3, 0.4) is 0 Å². The summed E-state index contributed by atoms with van der Waals surface area (Å²) in [4.78, 5) is 15.3. The van der Waals surface area contributed by atoms with E-state index in [1.165, 1.54) is 16.4 Å². The number of rotatable bonds is 11. The molecule has 0 atom stereocenters. The zero-order valence-electron chi connectivity index (χ0n) is 19.2. The minimum absolute atomic E-state index is 0.142. The summed E-state index contributed by atoms with van der Waals surface area (Å²) in [5.74, 6) is 1.49. The number of benzene rings is 2. The van der Waals surface area contributed by atoms with Gasteiger partial charge in [-0.2, -0.15) is 4.31 Å². The van der Waals surface area contributed by atoms with Crippen LogP contribution < -0.4 is 0 Å². The van der Waals surface area contributed by atoms with Crippen molar-refractivity contribution in [1.82, 2.24) is 9.21 Å². The second kappa shape index (κ2) is 10.8. The van der Waals surface area contributed by atoms with Crippen molar-refractivity contribution >= 4 is 27.5 Å². The van der Waals surface area contributed by atoms with Crippen molar-refractivity contribution in [3.05, 3.63) is 88.8 Å². The molecule has 1 heterocycles. The lowest BCUT2D eigenvalue weighted by Gasteiger charge is -2.27. The maximum atomic E-state index is 13.5. The summed E-state index contributed by atoms with van der Waals surface area (Å²) in [6.07, 6.45) is 2.62. The summed E-state index contributed by atoms with van der Waals surface area (Å²) in [7, 11) is -3.83. The number of hydrogen-bond donors (Lipinski definition) is 0. The number of sulfonamides is 1. The van der Waals surface area contributed by atoms with Gasteiger partial charge in [-0.1, -0.05) is 41.9 Å². The predicted octanol–water partition coefficient (Wildman–Crippen LogP) is 4.91. The average Bonchev–Trinajstić information content (AvgIpc) is 3.55. The highest BCUT2D eigenvalue weighted by molar-refractivity contribution is 7.89. The lowest BCUT2D eigenvalue weighted by Crippen LogP contribution is -2.44. The third-order valence-corrected chi connectivity index (χ3v) is 8.01. The molecule has 3 aromatic rings. The van der Waals surface area contributed by atoms with Crippen LogP contribution in [-0.2, 0) is 27.8 Å². The number of hydrogen-bond acceptors (Lipinski definition) is 4. The van der Waals surface area contributed by atoms with E-state index in [0.29, 0.717) is 36.2 Å². The minimum atomic E-state index is -3.83. The fraction of sp³-hybridized carbons (Fsp3) is 0.346. The monoisotopic (exact) mass is 500 g/mol. The van der Waals surface area contributed by atoms with Gasteiger partial charge in [0.2, 0.25) is 15.9 Å². The molecule has 6 nitrogen and oxygen atoms in total. The van der Waals surface area contributed by atoms with Gasteiger partial charge in [0.1, 0.15) is 11.5 Å². The van der Waals surface area contributed by atoms with E-state index in [1.807, 2.05) is 49.4 Å². The molecule has 180 valence electrons. The SMILES string of the molecule is Cc1ccc(CN(CCc2ccccc2)C(=O)CN(CC2CC2)S(=O)(=O)c2ccc(Cl)cc2)o1. The molecule has 8 heteroatoms. The first kappa shape index (κ1) is 24.5. The zero-order chi connectivity index (χ0) is 24.1. The van der Waals surface area contributed by atoms with E-state index in [4.69, 9.17) is 16.0 Å². The van der Waals surface area contributed by atoms with Gasteiger partial charge in [-0.15, -0.1) is 0 Å². The Morgan fingerprint density at radius 3 is 2.35 bits per heavy atom. The van der Waals surface area contributed by atoms with Crippen LogP contribution in [0.15, 0.2) is 76.0 Å². The highest BCUT2D eigenvalue weighted by atomic mass is 35.5. The van der Waals surface area contributed by atoms with Crippen molar-refractivity contribution in [3.8, 4) is 0 Å². The Bertz CT molecular complexity index is 1210. The molecule has 0 aliphatic heterocycles. The van der Waals surface area contributed by atoms with Gasteiger partial charge in [0.25, 0.3) is 0 Å². The van der Waals surface area contributed by atoms with Crippen molar-refractivity contribution in [2.75, 3.05) is 19.6 Å². The van der Waals surface area contributed by atoms with Gasteiger partial charge in [0, 0.05) is 18.1 Å². The molecule has 0 unspecified atom stereocenters. The first-order chi connectivity index (χ1) is 16.3. The molecule has 0 spiro atoms. The van der Waals surface area contributed by atoms with Crippen molar-refractivity contribution < 1.29 is 17.6 Å². The number of amides is 1. The Hall–Kier alpha value is -2.61. The van der Waals surface area contributed by atoms with E-state index >= 15 is 0 Å². The molecule has 1 fully saturated rings. The average molecular weight is 501 g/mol. The van der Waals surface area contributed by atoms with Crippen LogP contribution in [0.4, 0.5) is 0 Å². The zero-order valence-corrected chi connectivity index (χ0v) is 20.8. The fourth-order valence-electron chi connectivity index (χ4n) is 3.80. The molecule has 1 aliphatic rings. The Labute approximate surface area is 206 Å². The summed E-state index contributed by atoms with van der Waals surface area (Å²) in [6, 6.07) is 19.7. The smallest absolute Gasteiger partial charge is 0.243 e. The predicted molar refractivity (Wildman–Crippen MR) is 132 cm³/mol. The van der Waals surface area contributed by atoms with Gasteiger partial charge in [0.05, 0.1) is 18.0 Å². The van der Waals surface area contributed by atoms with E-state index in [-0.39, 0.29) is 23.9 Å². The molecular weight excluding hydrogens is 472 g/mol. The molecule has 34 heavy (non-hydrogen) atoms. The van der Waals surface area contributed by atoms with Crippen molar-refractivity contribution in [3.63, 3.8) is 0 Å². The van der Waals surface area contributed by atoms with Gasteiger partial charge >= 0.3 is 0 Å². The number of aryl methyl sites for hydroxylation is 1. The number of carbonyl (C=O) groups is 1. The highest BCUT2D eigenvalue weighted by Gasteiger charge is 2.34. The van der Waals surface area contributed by atoms with E-state index in [9.17, 15) is 13.2 Å². The number of halogens is 1. The summed E-state index contributed by atoms with van der Waals surface area (Å²) < 4.78 is 33.8. The maximum Gasteiger partial charge on any atom is 0.243 e. The summed E-state index contributed by atoms with van der Waals surface area (Å²) in [5.41, 5.74) is 1.11. The molecule has 4 rings (SSSR count).